The Morgan fingerprint density at radius 1 is 1.23 bits per heavy atom. The van der Waals surface area contributed by atoms with Crippen LogP contribution in [-0.4, -0.2) is 27.1 Å². The highest BCUT2D eigenvalue weighted by Crippen LogP contribution is 2.47. The zero-order chi connectivity index (χ0) is 20.7. The summed E-state index contributed by atoms with van der Waals surface area (Å²) in [6.45, 7) is 0. The SMILES string of the molecule is O=C1O[C@]2(CC[C@@H](C(=O)Nc3cc(-c4cccc(F)c4)[nH]n3)CC2)c2cnccc21. The van der Waals surface area contributed by atoms with Crippen molar-refractivity contribution in [1.29, 1.82) is 0 Å². The number of pyridine rings is 1. The average molecular weight is 406 g/mol. The van der Waals surface area contributed by atoms with Crippen LogP contribution in [0.2, 0.25) is 0 Å². The molecule has 3 aromatic rings. The Morgan fingerprint density at radius 2 is 2.07 bits per heavy atom. The number of anilines is 1. The molecule has 1 aromatic carbocycles. The van der Waals surface area contributed by atoms with Gasteiger partial charge in [0.2, 0.25) is 5.91 Å². The number of aromatic nitrogens is 3. The van der Waals surface area contributed by atoms with Gasteiger partial charge < -0.3 is 10.1 Å². The maximum Gasteiger partial charge on any atom is 0.339 e. The van der Waals surface area contributed by atoms with Crippen molar-refractivity contribution in [2.75, 3.05) is 5.32 Å². The number of hydrogen-bond donors (Lipinski definition) is 2. The minimum atomic E-state index is -0.672. The number of fused-ring (bicyclic) bond motifs is 2. The fourth-order valence-corrected chi connectivity index (χ4v) is 4.36. The Labute approximate surface area is 171 Å². The lowest BCUT2D eigenvalue weighted by Crippen LogP contribution is -2.36. The van der Waals surface area contributed by atoms with E-state index in [4.69, 9.17) is 4.74 Å². The number of ether oxygens (including phenoxy) is 1. The molecule has 1 saturated carbocycles. The fourth-order valence-electron chi connectivity index (χ4n) is 4.36. The summed E-state index contributed by atoms with van der Waals surface area (Å²) >= 11 is 0. The molecule has 0 bridgehead atoms. The first-order valence-electron chi connectivity index (χ1n) is 9.84. The molecule has 2 N–H and O–H groups in total. The summed E-state index contributed by atoms with van der Waals surface area (Å²) in [6, 6.07) is 9.50. The number of nitrogens with one attached hydrogen (secondary N) is 2. The van der Waals surface area contributed by atoms with Gasteiger partial charge in [-0.1, -0.05) is 12.1 Å². The van der Waals surface area contributed by atoms with Crippen LogP contribution in [0.25, 0.3) is 11.3 Å². The first-order chi connectivity index (χ1) is 14.5. The van der Waals surface area contributed by atoms with Crippen molar-refractivity contribution >= 4 is 17.7 Å². The van der Waals surface area contributed by atoms with E-state index in [0.29, 0.717) is 48.3 Å². The number of rotatable bonds is 3. The third kappa shape index (κ3) is 3.14. The standard InChI is InChI=1S/C22H19FN4O3/c23-15-3-1-2-14(10-15)18-11-19(27-26-18)25-20(28)13-4-7-22(8-5-13)17-12-24-9-6-16(17)21(29)30-22/h1-3,6,9-13H,4-5,7-8H2,(H2,25,26,27,28)/t13-,22+. The second kappa shape index (κ2) is 7.05. The molecular formula is C22H19FN4O3. The molecule has 7 nitrogen and oxygen atoms in total. The molecule has 0 unspecified atom stereocenters. The third-order valence-electron chi connectivity index (χ3n) is 5.95. The van der Waals surface area contributed by atoms with Gasteiger partial charge in [0.05, 0.1) is 11.3 Å². The van der Waals surface area contributed by atoms with Gasteiger partial charge in [-0.3, -0.25) is 14.9 Å². The van der Waals surface area contributed by atoms with Crippen LogP contribution < -0.4 is 5.32 Å². The van der Waals surface area contributed by atoms with E-state index < -0.39 is 5.60 Å². The Morgan fingerprint density at radius 3 is 2.87 bits per heavy atom. The van der Waals surface area contributed by atoms with E-state index >= 15 is 0 Å². The second-order valence-corrected chi connectivity index (χ2v) is 7.75. The molecule has 0 atom stereocenters. The van der Waals surface area contributed by atoms with Crippen molar-refractivity contribution in [2.45, 2.75) is 31.3 Å². The van der Waals surface area contributed by atoms with Gasteiger partial charge >= 0.3 is 5.97 Å². The number of carbonyl (C=O) groups excluding carboxylic acids is 2. The smallest absolute Gasteiger partial charge is 0.339 e. The number of aromatic amines is 1. The van der Waals surface area contributed by atoms with Gasteiger partial charge in [-0.25, -0.2) is 9.18 Å². The van der Waals surface area contributed by atoms with E-state index in [1.807, 2.05) is 0 Å². The molecule has 2 aliphatic rings. The quantitative estimate of drug-likeness (QED) is 0.645. The van der Waals surface area contributed by atoms with E-state index in [-0.39, 0.29) is 23.6 Å². The van der Waals surface area contributed by atoms with Crippen LogP contribution in [0.3, 0.4) is 0 Å². The molecule has 0 saturated heterocycles. The van der Waals surface area contributed by atoms with Crippen LogP contribution in [0.5, 0.6) is 0 Å². The van der Waals surface area contributed by atoms with Gasteiger partial charge in [0, 0.05) is 35.5 Å². The Hall–Kier alpha value is -3.55. The molecule has 8 heteroatoms. The van der Waals surface area contributed by atoms with Crippen LogP contribution in [0.4, 0.5) is 10.2 Å². The molecule has 1 amide bonds. The number of nitrogens with zero attached hydrogens (tertiary/aromatic N) is 2. The Kier molecular flexibility index (Phi) is 4.34. The van der Waals surface area contributed by atoms with Crippen molar-refractivity contribution in [3.63, 3.8) is 0 Å². The van der Waals surface area contributed by atoms with Crippen LogP contribution in [0.15, 0.2) is 48.8 Å². The molecule has 0 radical (unpaired) electrons. The minimum Gasteiger partial charge on any atom is -0.450 e. The predicted octanol–water partition coefficient (Wildman–Crippen LogP) is 3.81. The number of carbonyl (C=O) groups is 2. The van der Waals surface area contributed by atoms with Gasteiger partial charge in [0.25, 0.3) is 0 Å². The van der Waals surface area contributed by atoms with Crippen LogP contribution in [0.1, 0.15) is 41.6 Å². The second-order valence-electron chi connectivity index (χ2n) is 7.75. The summed E-state index contributed by atoms with van der Waals surface area (Å²) in [4.78, 5) is 29.0. The zero-order valence-corrected chi connectivity index (χ0v) is 16.0. The summed E-state index contributed by atoms with van der Waals surface area (Å²) in [5.41, 5.74) is 1.98. The van der Waals surface area contributed by atoms with Crippen molar-refractivity contribution in [1.82, 2.24) is 15.2 Å². The average Bonchev–Trinajstić information content (AvgIpc) is 3.32. The van der Waals surface area contributed by atoms with Gasteiger partial charge in [0.15, 0.2) is 5.82 Å². The topological polar surface area (TPSA) is 97.0 Å². The minimum absolute atomic E-state index is 0.127. The van der Waals surface area contributed by atoms with Gasteiger partial charge in [-0.05, 0) is 43.9 Å². The molecule has 30 heavy (non-hydrogen) atoms. The van der Waals surface area contributed by atoms with Crippen LogP contribution in [0, 0.1) is 11.7 Å². The lowest BCUT2D eigenvalue weighted by Gasteiger charge is -2.35. The number of H-pyrrole nitrogens is 1. The maximum atomic E-state index is 13.4. The number of benzene rings is 1. The molecule has 1 aliphatic carbocycles. The summed E-state index contributed by atoms with van der Waals surface area (Å²) < 4.78 is 19.1. The summed E-state index contributed by atoms with van der Waals surface area (Å²) in [6.07, 6.45) is 5.61. The van der Waals surface area contributed by atoms with Crippen LogP contribution in [-0.2, 0) is 15.1 Å². The predicted molar refractivity (Wildman–Crippen MR) is 106 cm³/mol. The Bertz CT molecular complexity index is 1130. The summed E-state index contributed by atoms with van der Waals surface area (Å²) in [5, 5.41) is 9.76. The zero-order valence-electron chi connectivity index (χ0n) is 16.0. The lowest BCUT2D eigenvalue weighted by molar-refractivity contribution is -0.122. The van der Waals surface area contributed by atoms with Crippen molar-refractivity contribution in [2.24, 2.45) is 5.92 Å². The van der Waals surface area contributed by atoms with E-state index in [9.17, 15) is 14.0 Å². The van der Waals surface area contributed by atoms with Crippen molar-refractivity contribution < 1.29 is 18.7 Å². The van der Waals surface area contributed by atoms with Gasteiger partial charge in [-0.2, -0.15) is 5.10 Å². The molecule has 152 valence electrons. The van der Waals surface area contributed by atoms with Gasteiger partial charge in [-0.15, -0.1) is 0 Å². The third-order valence-corrected chi connectivity index (χ3v) is 5.95. The first-order valence-corrected chi connectivity index (χ1v) is 9.84. The number of halogens is 1. The maximum absolute atomic E-state index is 13.4. The van der Waals surface area contributed by atoms with Crippen molar-refractivity contribution in [3.8, 4) is 11.3 Å². The van der Waals surface area contributed by atoms with E-state index in [0.717, 1.165) is 5.56 Å². The molecule has 3 heterocycles. The highest BCUT2D eigenvalue weighted by molar-refractivity contribution is 5.95. The highest BCUT2D eigenvalue weighted by Gasteiger charge is 2.48. The Balaban J connectivity index is 1.25. The molecule has 1 spiro atoms. The molecule has 1 fully saturated rings. The normalized spacial score (nSPS) is 22.6. The molecular weight excluding hydrogens is 387 g/mol. The first kappa shape index (κ1) is 18.5. The number of hydrogen-bond acceptors (Lipinski definition) is 5. The van der Waals surface area contributed by atoms with Crippen molar-refractivity contribution in [3.05, 3.63) is 65.7 Å². The van der Waals surface area contributed by atoms with Gasteiger partial charge in [0.1, 0.15) is 11.4 Å². The van der Waals surface area contributed by atoms with E-state index in [1.54, 1.807) is 36.7 Å². The number of esters is 1. The fraction of sp³-hybridized carbons (Fsp3) is 0.273. The number of amides is 1. The monoisotopic (exact) mass is 406 g/mol. The summed E-state index contributed by atoms with van der Waals surface area (Å²) in [7, 11) is 0. The lowest BCUT2D eigenvalue weighted by atomic mass is 9.75. The molecule has 1 aliphatic heterocycles. The largest absolute Gasteiger partial charge is 0.450 e. The summed E-state index contributed by atoms with van der Waals surface area (Å²) in [5.74, 6) is -0.603. The molecule has 5 rings (SSSR count). The van der Waals surface area contributed by atoms with Crippen LogP contribution >= 0.6 is 0 Å². The van der Waals surface area contributed by atoms with E-state index in [1.165, 1.54) is 12.1 Å². The molecule has 2 aromatic heterocycles. The van der Waals surface area contributed by atoms with E-state index in [2.05, 4.69) is 20.5 Å². The highest BCUT2D eigenvalue weighted by atomic mass is 19.1.